The van der Waals surface area contributed by atoms with Gasteiger partial charge in [-0.1, -0.05) is 23.7 Å². The van der Waals surface area contributed by atoms with E-state index in [-0.39, 0.29) is 24.0 Å². The van der Waals surface area contributed by atoms with Crippen molar-refractivity contribution in [2.24, 2.45) is 0 Å². The summed E-state index contributed by atoms with van der Waals surface area (Å²) in [5, 5.41) is 11.4. The number of hydrogen-bond donors (Lipinski definition) is 2. The van der Waals surface area contributed by atoms with Crippen LogP contribution in [0.15, 0.2) is 30.5 Å². The van der Waals surface area contributed by atoms with E-state index in [0.717, 1.165) is 30.5 Å². The second-order valence-electron chi connectivity index (χ2n) is 7.47. The monoisotopic (exact) mass is 360 g/mol. The van der Waals surface area contributed by atoms with E-state index in [9.17, 15) is 4.79 Å². The Hall–Kier alpha value is -2.01. The first-order chi connectivity index (χ1) is 11.9. The van der Waals surface area contributed by atoms with E-state index in [1.54, 1.807) is 6.07 Å². The maximum Gasteiger partial charge on any atom is 0.239 e. The van der Waals surface area contributed by atoms with Gasteiger partial charge in [0.1, 0.15) is 0 Å². The number of fused-ring (bicyclic) bond motifs is 1. The Morgan fingerprint density at radius 1 is 1.36 bits per heavy atom. The highest BCUT2D eigenvalue weighted by Crippen LogP contribution is 2.32. The van der Waals surface area contributed by atoms with Gasteiger partial charge in [-0.3, -0.25) is 9.48 Å². The fourth-order valence-electron chi connectivity index (χ4n) is 3.31. The van der Waals surface area contributed by atoms with Crippen molar-refractivity contribution in [3.05, 3.63) is 46.7 Å². The number of amides is 1. The Morgan fingerprint density at radius 3 is 2.84 bits per heavy atom. The van der Waals surface area contributed by atoms with Crippen LogP contribution in [-0.2, 0) is 16.8 Å². The lowest BCUT2D eigenvalue weighted by Gasteiger charge is -2.28. The predicted molar refractivity (Wildman–Crippen MR) is 101 cm³/mol. The van der Waals surface area contributed by atoms with Crippen LogP contribution >= 0.6 is 11.6 Å². The van der Waals surface area contributed by atoms with Gasteiger partial charge < -0.3 is 10.6 Å². The zero-order chi connectivity index (χ0) is 18.0. The van der Waals surface area contributed by atoms with E-state index in [2.05, 4.69) is 41.2 Å². The summed E-state index contributed by atoms with van der Waals surface area (Å²) in [6, 6.07) is 7.45. The van der Waals surface area contributed by atoms with Gasteiger partial charge in [0, 0.05) is 11.3 Å². The number of aromatic nitrogens is 2. The highest BCUT2D eigenvalue weighted by atomic mass is 35.5. The summed E-state index contributed by atoms with van der Waals surface area (Å²) >= 11 is 6.11. The number of para-hydroxylation sites is 1. The first-order valence-electron chi connectivity index (χ1n) is 8.71. The van der Waals surface area contributed by atoms with E-state index < -0.39 is 0 Å². The SMILES string of the molecule is CC(C)(C)n1ncc2c1CCC[C@@H]2NC(=O)CNc1ccccc1Cl. The predicted octanol–water partition coefficient (Wildman–Crippen LogP) is 3.90. The van der Waals surface area contributed by atoms with Crippen LogP contribution in [0.2, 0.25) is 5.02 Å². The first kappa shape index (κ1) is 17.8. The molecule has 0 saturated carbocycles. The Bertz CT molecular complexity index is 763. The summed E-state index contributed by atoms with van der Waals surface area (Å²) in [6.07, 6.45) is 4.92. The van der Waals surface area contributed by atoms with Crippen molar-refractivity contribution in [2.45, 2.75) is 51.6 Å². The molecule has 2 aromatic rings. The first-order valence-corrected chi connectivity index (χ1v) is 9.09. The van der Waals surface area contributed by atoms with E-state index in [4.69, 9.17) is 11.6 Å². The van der Waals surface area contributed by atoms with Crippen molar-refractivity contribution in [2.75, 3.05) is 11.9 Å². The number of nitrogens with one attached hydrogen (secondary N) is 2. The van der Waals surface area contributed by atoms with Crippen LogP contribution in [0.5, 0.6) is 0 Å². The summed E-state index contributed by atoms with van der Waals surface area (Å²) in [5.74, 6) is -0.0405. The lowest BCUT2D eigenvalue weighted by atomic mass is 9.92. The molecule has 0 saturated heterocycles. The number of rotatable bonds is 4. The van der Waals surface area contributed by atoms with Gasteiger partial charge in [0.25, 0.3) is 0 Å². The number of nitrogens with zero attached hydrogens (tertiary/aromatic N) is 2. The molecule has 0 spiro atoms. The molecule has 5 nitrogen and oxygen atoms in total. The molecule has 1 aromatic carbocycles. The molecule has 25 heavy (non-hydrogen) atoms. The van der Waals surface area contributed by atoms with Gasteiger partial charge in [0.05, 0.1) is 35.0 Å². The third kappa shape index (κ3) is 3.98. The number of halogens is 1. The lowest BCUT2D eigenvalue weighted by molar-refractivity contribution is -0.120. The highest BCUT2D eigenvalue weighted by molar-refractivity contribution is 6.33. The molecule has 6 heteroatoms. The standard InChI is InChI=1S/C19H25ClN4O/c1-19(2,3)24-17-10-6-9-15(13(17)11-22-24)23-18(25)12-21-16-8-5-4-7-14(16)20/h4-5,7-8,11,15,21H,6,9-10,12H2,1-3H3,(H,23,25)/t15-/m0/s1. The molecule has 134 valence electrons. The fourth-order valence-corrected chi connectivity index (χ4v) is 3.51. The van der Waals surface area contributed by atoms with Crippen LogP contribution in [0, 0.1) is 0 Å². The van der Waals surface area contributed by atoms with E-state index in [1.807, 2.05) is 24.4 Å². The van der Waals surface area contributed by atoms with Gasteiger partial charge in [-0.2, -0.15) is 5.10 Å². The minimum Gasteiger partial charge on any atom is -0.375 e. The van der Waals surface area contributed by atoms with Gasteiger partial charge in [-0.15, -0.1) is 0 Å². The Labute approximate surface area is 153 Å². The average Bonchev–Trinajstić information content (AvgIpc) is 2.99. The lowest BCUT2D eigenvalue weighted by Crippen LogP contribution is -2.35. The molecule has 0 bridgehead atoms. The zero-order valence-electron chi connectivity index (χ0n) is 15.0. The molecule has 1 atom stereocenters. The van der Waals surface area contributed by atoms with Crippen LogP contribution in [0.4, 0.5) is 5.69 Å². The minimum atomic E-state index is -0.0505. The van der Waals surface area contributed by atoms with Gasteiger partial charge in [-0.05, 0) is 52.2 Å². The minimum absolute atomic E-state index is 0.0281. The van der Waals surface area contributed by atoms with E-state index in [1.165, 1.54) is 5.69 Å². The van der Waals surface area contributed by atoms with Crippen LogP contribution < -0.4 is 10.6 Å². The van der Waals surface area contributed by atoms with Crippen molar-refractivity contribution >= 4 is 23.2 Å². The molecular formula is C19H25ClN4O. The molecule has 0 aliphatic heterocycles. The van der Waals surface area contributed by atoms with Crippen LogP contribution in [-0.4, -0.2) is 22.2 Å². The van der Waals surface area contributed by atoms with Crippen LogP contribution in [0.25, 0.3) is 0 Å². The summed E-state index contributed by atoms with van der Waals surface area (Å²) in [6.45, 7) is 6.64. The van der Waals surface area contributed by atoms with Crippen molar-refractivity contribution in [1.29, 1.82) is 0 Å². The summed E-state index contributed by atoms with van der Waals surface area (Å²) in [4.78, 5) is 12.4. The van der Waals surface area contributed by atoms with Gasteiger partial charge in [0.15, 0.2) is 0 Å². The third-order valence-electron chi connectivity index (χ3n) is 4.47. The molecule has 0 radical (unpaired) electrons. The van der Waals surface area contributed by atoms with Gasteiger partial charge >= 0.3 is 0 Å². The number of benzene rings is 1. The molecule has 0 unspecified atom stereocenters. The fraction of sp³-hybridized carbons (Fsp3) is 0.474. The van der Waals surface area contributed by atoms with Crippen molar-refractivity contribution in [3.63, 3.8) is 0 Å². The molecule has 1 heterocycles. The summed E-state index contributed by atoms with van der Waals surface area (Å²) in [7, 11) is 0. The van der Waals surface area contributed by atoms with Gasteiger partial charge in [-0.25, -0.2) is 0 Å². The van der Waals surface area contributed by atoms with Gasteiger partial charge in [0.2, 0.25) is 5.91 Å². The average molecular weight is 361 g/mol. The Balaban J connectivity index is 1.66. The molecule has 0 fully saturated rings. The van der Waals surface area contributed by atoms with Crippen molar-refractivity contribution in [1.82, 2.24) is 15.1 Å². The Morgan fingerprint density at radius 2 is 2.12 bits per heavy atom. The smallest absolute Gasteiger partial charge is 0.239 e. The number of carbonyl (C=O) groups excluding carboxylic acids is 1. The third-order valence-corrected chi connectivity index (χ3v) is 4.80. The maximum atomic E-state index is 12.4. The summed E-state index contributed by atoms with van der Waals surface area (Å²) < 4.78 is 2.09. The van der Waals surface area contributed by atoms with Crippen molar-refractivity contribution < 1.29 is 4.79 Å². The molecule has 1 aromatic heterocycles. The van der Waals surface area contributed by atoms with Crippen molar-refractivity contribution in [3.8, 4) is 0 Å². The second kappa shape index (κ2) is 7.08. The molecule has 2 N–H and O–H groups in total. The summed E-state index contributed by atoms with van der Waals surface area (Å²) in [5.41, 5.74) is 3.10. The van der Waals surface area contributed by atoms with E-state index in [0.29, 0.717) is 5.02 Å². The van der Waals surface area contributed by atoms with E-state index >= 15 is 0 Å². The largest absolute Gasteiger partial charge is 0.375 e. The second-order valence-corrected chi connectivity index (χ2v) is 7.88. The molecular weight excluding hydrogens is 336 g/mol. The quantitative estimate of drug-likeness (QED) is 0.869. The zero-order valence-corrected chi connectivity index (χ0v) is 15.7. The Kier molecular flexibility index (Phi) is 5.04. The number of hydrogen-bond acceptors (Lipinski definition) is 3. The molecule has 1 aliphatic carbocycles. The highest BCUT2D eigenvalue weighted by Gasteiger charge is 2.28. The number of carbonyl (C=O) groups is 1. The maximum absolute atomic E-state index is 12.4. The normalized spacial score (nSPS) is 17.0. The van der Waals surface area contributed by atoms with Crippen LogP contribution in [0.1, 0.15) is 50.9 Å². The van der Waals surface area contributed by atoms with Crippen LogP contribution in [0.3, 0.4) is 0 Å². The topological polar surface area (TPSA) is 59.0 Å². The molecule has 1 amide bonds. The molecule has 3 rings (SSSR count). The number of anilines is 1. The molecule has 1 aliphatic rings.